The molecule has 2 heterocycles. The number of nitrogens with one attached hydrogen (secondary N) is 1. The van der Waals surface area contributed by atoms with E-state index in [2.05, 4.69) is 19.7 Å². The zero-order valence-electron chi connectivity index (χ0n) is 8.27. The summed E-state index contributed by atoms with van der Waals surface area (Å²) in [6.07, 6.45) is 1.78. The minimum absolute atomic E-state index is 0.306. The number of nitrogen functional groups attached to an aromatic ring is 1. The molecule has 0 saturated heterocycles. The molecular formula is C9H11N5S. The predicted octanol–water partition coefficient (Wildman–Crippen LogP) is 1.44. The second-order valence-corrected chi connectivity index (χ2v) is 3.83. The van der Waals surface area contributed by atoms with Crippen molar-refractivity contribution >= 4 is 22.6 Å². The normalized spacial score (nSPS) is 10.2. The van der Waals surface area contributed by atoms with Crippen LogP contribution in [0.5, 0.6) is 0 Å². The molecule has 0 aliphatic carbocycles. The maximum atomic E-state index is 5.41. The lowest BCUT2D eigenvalue weighted by Gasteiger charge is -2.03. The number of pyridine rings is 1. The third-order valence-electron chi connectivity index (χ3n) is 1.97. The maximum Gasteiger partial charge on any atom is 0.233 e. The number of nitrogens with two attached hydrogens (primary N) is 1. The lowest BCUT2D eigenvalue weighted by atomic mass is 10.2. The van der Waals surface area contributed by atoms with Gasteiger partial charge in [0, 0.05) is 17.7 Å². The molecule has 0 aliphatic rings. The van der Waals surface area contributed by atoms with Crippen LogP contribution in [0.15, 0.2) is 18.3 Å². The van der Waals surface area contributed by atoms with E-state index >= 15 is 0 Å². The number of hydrogen-bond acceptors (Lipinski definition) is 6. The van der Waals surface area contributed by atoms with Gasteiger partial charge in [-0.2, -0.15) is 9.36 Å². The lowest BCUT2D eigenvalue weighted by molar-refractivity contribution is 1.01. The molecule has 0 aromatic carbocycles. The van der Waals surface area contributed by atoms with Gasteiger partial charge in [-0.25, -0.2) is 0 Å². The van der Waals surface area contributed by atoms with Gasteiger partial charge < -0.3 is 11.1 Å². The molecule has 0 fully saturated rings. The first-order valence-electron chi connectivity index (χ1n) is 4.49. The Kier molecular flexibility index (Phi) is 2.77. The highest BCUT2D eigenvalue weighted by Crippen LogP contribution is 2.13. The van der Waals surface area contributed by atoms with Crippen LogP contribution in [0.4, 0.5) is 11.1 Å². The summed E-state index contributed by atoms with van der Waals surface area (Å²) in [4.78, 5) is 8.26. The third-order valence-corrected chi connectivity index (χ3v) is 2.65. The zero-order valence-corrected chi connectivity index (χ0v) is 9.08. The molecule has 0 spiro atoms. The minimum atomic E-state index is 0.306. The Labute approximate surface area is 91.5 Å². The second kappa shape index (κ2) is 4.22. The topological polar surface area (TPSA) is 76.7 Å². The number of rotatable bonds is 3. The molecule has 78 valence electrons. The quantitative estimate of drug-likeness (QED) is 0.820. The number of hydrogen-bond donors (Lipinski definition) is 2. The van der Waals surface area contributed by atoms with Crippen LogP contribution in [0.1, 0.15) is 11.3 Å². The van der Waals surface area contributed by atoms with Crippen molar-refractivity contribution in [3.63, 3.8) is 0 Å². The van der Waals surface area contributed by atoms with Crippen LogP contribution in [0.25, 0.3) is 0 Å². The van der Waals surface area contributed by atoms with Crippen LogP contribution in [-0.2, 0) is 6.54 Å². The Hall–Kier alpha value is -1.69. The van der Waals surface area contributed by atoms with E-state index in [0.717, 1.165) is 16.4 Å². The van der Waals surface area contributed by atoms with E-state index in [4.69, 9.17) is 5.73 Å². The number of anilines is 2. The van der Waals surface area contributed by atoms with Gasteiger partial charge in [0.05, 0.1) is 12.2 Å². The molecule has 2 aromatic heterocycles. The highest BCUT2D eigenvalue weighted by molar-refractivity contribution is 7.09. The fourth-order valence-electron chi connectivity index (χ4n) is 1.17. The van der Waals surface area contributed by atoms with E-state index in [9.17, 15) is 0 Å². The van der Waals surface area contributed by atoms with E-state index in [1.807, 2.05) is 19.1 Å². The lowest BCUT2D eigenvalue weighted by Crippen LogP contribution is -2.03. The Balaban J connectivity index is 2.02. The molecular weight excluding hydrogens is 210 g/mol. The average molecular weight is 221 g/mol. The Morgan fingerprint density at radius 3 is 3.07 bits per heavy atom. The van der Waals surface area contributed by atoms with Gasteiger partial charge in [0.1, 0.15) is 0 Å². The van der Waals surface area contributed by atoms with Crippen LogP contribution in [0.3, 0.4) is 0 Å². The fraction of sp³-hybridized carbons (Fsp3) is 0.222. The standard InChI is InChI=1S/C9H11N5S/c1-6-3-2-4-11-7(6)5-12-9-13-8(10)14-15-9/h2-4H,5H2,1H3,(H3,10,12,13,14). The third kappa shape index (κ3) is 2.41. The largest absolute Gasteiger partial charge is 0.367 e. The first-order valence-corrected chi connectivity index (χ1v) is 5.26. The summed E-state index contributed by atoms with van der Waals surface area (Å²) in [5, 5.41) is 3.84. The van der Waals surface area contributed by atoms with Crippen molar-refractivity contribution in [2.45, 2.75) is 13.5 Å². The van der Waals surface area contributed by atoms with E-state index in [0.29, 0.717) is 12.5 Å². The van der Waals surface area contributed by atoms with Crippen LogP contribution < -0.4 is 11.1 Å². The smallest absolute Gasteiger partial charge is 0.233 e. The van der Waals surface area contributed by atoms with E-state index in [1.165, 1.54) is 11.5 Å². The minimum Gasteiger partial charge on any atom is -0.367 e. The van der Waals surface area contributed by atoms with E-state index < -0.39 is 0 Å². The van der Waals surface area contributed by atoms with Gasteiger partial charge >= 0.3 is 0 Å². The first kappa shape index (κ1) is 9.85. The summed E-state index contributed by atoms with van der Waals surface area (Å²) >= 11 is 1.25. The van der Waals surface area contributed by atoms with Gasteiger partial charge in [-0.3, -0.25) is 4.98 Å². The molecule has 0 aliphatic heterocycles. The van der Waals surface area contributed by atoms with Gasteiger partial charge in [0.25, 0.3) is 0 Å². The summed E-state index contributed by atoms with van der Waals surface area (Å²) in [7, 11) is 0. The van der Waals surface area contributed by atoms with Crippen LogP contribution in [-0.4, -0.2) is 14.3 Å². The van der Waals surface area contributed by atoms with Gasteiger partial charge in [-0.1, -0.05) is 6.07 Å². The molecule has 0 bridgehead atoms. The highest BCUT2D eigenvalue weighted by Gasteiger charge is 2.02. The molecule has 0 atom stereocenters. The number of aryl methyl sites for hydroxylation is 1. The van der Waals surface area contributed by atoms with Crippen molar-refractivity contribution in [2.75, 3.05) is 11.1 Å². The highest BCUT2D eigenvalue weighted by atomic mass is 32.1. The second-order valence-electron chi connectivity index (χ2n) is 3.08. The number of nitrogens with zero attached hydrogens (tertiary/aromatic N) is 3. The van der Waals surface area contributed by atoms with Crippen molar-refractivity contribution < 1.29 is 0 Å². The van der Waals surface area contributed by atoms with Crippen molar-refractivity contribution in [3.8, 4) is 0 Å². The predicted molar refractivity (Wildman–Crippen MR) is 60.6 cm³/mol. The summed E-state index contributed by atoms with van der Waals surface area (Å²) in [5.74, 6) is 0.306. The van der Waals surface area contributed by atoms with Crippen LogP contribution in [0, 0.1) is 6.92 Å². The molecule has 2 rings (SSSR count). The summed E-state index contributed by atoms with van der Waals surface area (Å²) in [6, 6.07) is 3.94. The summed E-state index contributed by atoms with van der Waals surface area (Å²) in [5.41, 5.74) is 7.57. The molecule has 3 N–H and O–H groups in total. The Morgan fingerprint density at radius 2 is 2.40 bits per heavy atom. The van der Waals surface area contributed by atoms with Crippen molar-refractivity contribution in [1.29, 1.82) is 0 Å². The Bertz CT molecular complexity index is 453. The molecule has 5 nitrogen and oxygen atoms in total. The maximum absolute atomic E-state index is 5.41. The molecule has 0 unspecified atom stereocenters. The van der Waals surface area contributed by atoms with Gasteiger partial charge in [-0.15, -0.1) is 0 Å². The molecule has 15 heavy (non-hydrogen) atoms. The average Bonchev–Trinajstić information content (AvgIpc) is 2.63. The molecule has 0 radical (unpaired) electrons. The van der Waals surface area contributed by atoms with E-state index in [1.54, 1.807) is 6.20 Å². The van der Waals surface area contributed by atoms with Gasteiger partial charge in [0.2, 0.25) is 11.1 Å². The molecule has 0 saturated carbocycles. The van der Waals surface area contributed by atoms with Crippen LogP contribution >= 0.6 is 11.5 Å². The molecule has 6 heteroatoms. The number of aromatic nitrogens is 3. The van der Waals surface area contributed by atoms with Crippen LogP contribution in [0.2, 0.25) is 0 Å². The van der Waals surface area contributed by atoms with Gasteiger partial charge in [0.15, 0.2) is 0 Å². The SMILES string of the molecule is Cc1cccnc1CNc1nc(N)ns1. The zero-order chi connectivity index (χ0) is 10.7. The van der Waals surface area contributed by atoms with E-state index in [-0.39, 0.29) is 0 Å². The van der Waals surface area contributed by atoms with Crippen molar-refractivity contribution in [2.24, 2.45) is 0 Å². The van der Waals surface area contributed by atoms with Crippen molar-refractivity contribution in [1.82, 2.24) is 14.3 Å². The molecule has 2 aromatic rings. The monoisotopic (exact) mass is 221 g/mol. The fourth-order valence-corrected chi connectivity index (χ4v) is 1.66. The van der Waals surface area contributed by atoms with Gasteiger partial charge in [-0.05, 0) is 18.6 Å². The van der Waals surface area contributed by atoms with Crippen molar-refractivity contribution in [3.05, 3.63) is 29.6 Å². The summed E-state index contributed by atoms with van der Waals surface area (Å²) in [6.45, 7) is 2.67. The first-order chi connectivity index (χ1) is 7.25. The molecule has 0 amide bonds. The Morgan fingerprint density at radius 1 is 1.53 bits per heavy atom. The summed E-state index contributed by atoms with van der Waals surface area (Å²) < 4.78 is 3.88.